The van der Waals surface area contributed by atoms with Crippen molar-refractivity contribution in [3.8, 4) is 5.75 Å². The summed E-state index contributed by atoms with van der Waals surface area (Å²) in [7, 11) is 1.82. The molecule has 1 aliphatic heterocycles. The maximum absolute atomic E-state index is 12.9. The molecular weight excluding hydrogens is 347 g/mol. The Bertz CT molecular complexity index is 765. The third-order valence-electron chi connectivity index (χ3n) is 4.86. The molecule has 0 bridgehead atoms. The van der Waals surface area contributed by atoms with Gasteiger partial charge in [0.15, 0.2) is 0 Å². The zero-order valence-corrected chi connectivity index (χ0v) is 16.2. The molecule has 1 aliphatic rings. The van der Waals surface area contributed by atoms with Gasteiger partial charge in [0.25, 0.3) is 5.91 Å². The molecule has 0 N–H and O–H groups in total. The molecule has 0 unspecified atom stereocenters. The lowest BCUT2D eigenvalue weighted by Crippen LogP contribution is -2.49. The van der Waals surface area contributed by atoms with Crippen molar-refractivity contribution < 1.29 is 13.9 Å². The zero-order chi connectivity index (χ0) is 19.4. The number of carbonyl (C=O) groups excluding carboxylic acids is 1. The van der Waals surface area contributed by atoms with Crippen LogP contribution in [0.3, 0.4) is 0 Å². The van der Waals surface area contributed by atoms with Gasteiger partial charge in [-0.1, -0.05) is 13.8 Å². The number of benzene rings is 1. The number of amides is 1. The van der Waals surface area contributed by atoms with Crippen LogP contribution in [0.2, 0.25) is 0 Å². The molecule has 6 nitrogen and oxygen atoms in total. The summed E-state index contributed by atoms with van der Waals surface area (Å²) in [4.78, 5) is 16.9. The summed E-state index contributed by atoms with van der Waals surface area (Å²) in [6.45, 7) is 8.48. The molecule has 0 aliphatic carbocycles. The highest BCUT2D eigenvalue weighted by atomic mass is 19.1. The predicted octanol–water partition coefficient (Wildman–Crippen LogP) is 2.52. The number of aromatic nitrogens is 2. The van der Waals surface area contributed by atoms with E-state index in [-0.39, 0.29) is 11.7 Å². The summed E-state index contributed by atoms with van der Waals surface area (Å²) in [6.07, 6.45) is 0. The number of hydrogen-bond donors (Lipinski definition) is 0. The second-order valence-electron chi connectivity index (χ2n) is 7.17. The fraction of sp³-hybridized carbons (Fsp3) is 0.500. The summed E-state index contributed by atoms with van der Waals surface area (Å²) in [5, 5.41) is 4.43. The molecule has 2 heterocycles. The van der Waals surface area contributed by atoms with Crippen LogP contribution in [-0.2, 0) is 7.05 Å². The van der Waals surface area contributed by atoms with Crippen molar-refractivity contribution in [1.29, 1.82) is 0 Å². The van der Waals surface area contributed by atoms with Crippen LogP contribution in [0.1, 0.15) is 35.9 Å². The lowest BCUT2D eigenvalue weighted by Gasteiger charge is -2.34. The molecule has 146 valence electrons. The normalized spacial score (nSPS) is 15.4. The molecule has 1 aromatic carbocycles. The van der Waals surface area contributed by atoms with Gasteiger partial charge in [-0.3, -0.25) is 14.4 Å². The van der Waals surface area contributed by atoms with Crippen LogP contribution in [0.5, 0.6) is 5.75 Å². The highest BCUT2D eigenvalue weighted by Crippen LogP contribution is 2.16. The third kappa shape index (κ3) is 4.86. The van der Waals surface area contributed by atoms with E-state index in [1.54, 1.807) is 16.8 Å². The Hall–Kier alpha value is -2.41. The van der Waals surface area contributed by atoms with Crippen LogP contribution in [0.25, 0.3) is 0 Å². The minimum absolute atomic E-state index is 0.0408. The van der Waals surface area contributed by atoms with Crippen molar-refractivity contribution >= 4 is 5.91 Å². The second-order valence-corrected chi connectivity index (χ2v) is 7.17. The van der Waals surface area contributed by atoms with Crippen molar-refractivity contribution in [2.24, 2.45) is 7.05 Å². The van der Waals surface area contributed by atoms with E-state index in [2.05, 4.69) is 23.8 Å². The lowest BCUT2D eigenvalue weighted by atomic mass is 10.1. The number of hydrogen-bond acceptors (Lipinski definition) is 4. The van der Waals surface area contributed by atoms with Gasteiger partial charge in [-0.25, -0.2) is 4.39 Å². The molecule has 1 saturated heterocycles. The molecule has 0 spiro atoms. The Labute approximate surface area is 159 Å². The van der Waals surface area contributed by atoms with Gasteiger partial charge in [0.05, 0.1) is 5.69 Å². The summed E-state index contributed by atoms with van der Waals surface area (Å²) in [5.74, 6) is 0.745. The lowest BCUT2D eigenvalue weighted by molar-refractivity contribution is 0.0610. The van der Waals surface area contributed by atoms with E-state index in [1.165, 1.54) is 12.1 Å². The monoisotopic (exact) mass is 374 g/mol. The number of aryl methyl sites for hydroxylation is 1. The van der Waals surface area contributed by atoms with Crippen LogP contribution in [0.4, 0.5) is 4.39 Å². The predicted molar refractivity (Wildman–Crippen MR) is 102 cm³/mol. The fourth-order valence-corrected chi connectivity index (χ4v) is 3.13. The van der Waals surface area contributed by atoms with Crippen LogP contribution in [0, 0.1) is 5.82 Å². The minimum atomic E-state index is -0.267. The Balaban J connectivity index is 1.45. The van der Waals surface area contributed by atoms with Crippen molar-refractivity contribution in [2.75, 3.05) is 39.3 Å². The summed E-state index contributed by atoms with van der Waals surface area (Å²) in [6, 6.07) is 7.94. The third-order valence-corrected chi connectivity index (χ3v) is 4.86. The average Bonchev–Trinajstić information content (AvgIpc) is 3.05. The highest BCUT2D eigenvalue weighted by Gasteiger charge is 2.25. The van der Waals surface area contributed by atoms with Gasteiger partial charge in [-0.15, -0.1) is 0 Å². The topological polar surface area (TPSA) is 50.6 Å². The first-order valence-corrected chi connectivity index (χ1v) is 9.38. The molecule has 3 rings (SSSR count). The second kappa shape index (κ2) is 8.52. The van der Waals surface area contributed by atoms with E-state index in [4.69, 9.17) is 4.74 Å². The summed E-state index contributed by atoms with van der Waals surface area (Å²) in [5.41, 5.74) is 1.59. The first-order valence-electron chi connectivity index (χ1n) is 9.38. The number of carbonyl (C=O) groups is 1. The van der Waals surface area contributed by atoms with Gasteiger partial charge in [0.1, 0.15) is 23.9 Å². The SMILES string of the molecule is CC(C)c1cc(C(=O)N2CCN(CCOc3ccc(F)cc3)CC2)n(C)n1. The van der Waals surface area contributed by atoms with Crippen molar-refractivity contribution in [2.45, 2.75) is 19.8 Å². The number of ether oxygens (including phenoxy) is 1. The molecular formula is C20H27FN4O2. The Morgan fingerprint density at radius 2 is 1.85 bits per heavy atom. The van der Waals surface area contributed by atoms with Crippen LogP contribution >= 0.6 is 0 Å². The van der Waals surface area contributed by atoms with Gasteiger partial charge in [0, 0.05) is 39.8 Å². The maximum atomic E-state index is 12.9. The number of rotatable bonds is 6. The smallest absolute Gasteiger partial charge is 0.272 e. The Morgan fingerprint density at radius 3 is 2.44 bits per heavy atom. The van der Waals surface area contributed by atoms with Crippen LogP contribution in [0.15, 0.2) is 30.3 Å². The van der Waals surface area contributed by atoms with Crippen molar-refractivity contribution in [3.63, 3.8) is 0 Å². The number of nitrogens with zero attached hydrogens (tertiary/aromatic N) is 4. The Morgan fingerprint density at radius 1 is 1.19 bits per heavy atom. The molecule has 0 saturated carbocycles. The van der Waals surface area contributed by atoms with Crippen molar-refractivity contribution in [3.05, 3.63) is 47.5 Å². The molecule has 2 aromatic rings. The van der Waals surface area contributed by atoms with E-state index in [1.807, 2.05) is 18.0 Å². The molecule has 1 fully saturated rings. The fourth-order valence-electron chi connectivity index (χ4n) is 3.13. The standard InChI is InChI=1S/C20H27FN4O2/c1-15(2)18-14-19(23(3)22-18)20(26)25-10-8-24(9-11-25)12-13-27-17-6-4-16(21)5-7-17/h4-7,14-15H,8-13H2,1-3H3. The molecule has 0 radical (unpaired) electrons. The summed E-state index contributed by atoms with van der Waals surface area (Å²) >= 11 is 0. The van der Waals surface area contributed by atoms with E-state index in [0.717, 1.165) is 25.3 Å². The van der Waals surface area contributed by atoms with Gasteiger partial charge >= 0.3 is 0 Å². The minimum Gasteiger partial charge on any atom is -0.492 e. The van der Waals surface area contributed by atoms with Gasteiger partial charge in [0.2, 0.25) is 0 Å². The van der Waals surface area contributed by atoms with Gasteiger partial charge in [-0.2, -0.15) is 5.10 Å². The van der Waals surface area contributed by atoms with E-state index in [0.29, 0.717) is 37.1 Å². The van der Waals surface area contributed by atoms with Gasteiger partial charge in [-0.05, 0) is 36.2 Å². The molecule has 27 heavy (non-hydrogen) atoms. The zero-order valence-electron chi connectivity index (χ0n) is 16.2. The summed E-state index contributed by atoms with van der Waals surface area (Å²) < 4.78 is 20.2. The molecule has 1 amide bonds. The number of halogens is 1. The maximum Gasteiger partial charge on any atom is 0.272 e. The quantitative estimate of drug-likeness (QED) is 0.780. The van der Waals surface area contributed by atoms with E-state index < -0.39 is 0 Å². The first-order chi connectivity index (χ1) is 12.9. The Kier molecular flexibility index (Phi) is 6.11. The molecule has 0 atom stereocenters. The largest absolute Gasteiger partial charge is 0.492 e. The average molecular weight is 374 g/mol. The first kappa shape index (κ1) is 19.4. The molecule has 7 heteroatoms. The number of piperazine rings is 1. The van der Waals surface area contributed by atoms with Gasteiger partial charge < -0.3 is 9.64 Å². The van der Waals surface area contributed by atoms with E-state index in [9.17, 15) is 9.18 Å². The van der Waals surface area contributed by atoms with Crippen LogP contribution in [-0.4, -0.2) is 64.8 Å². The van der Waals surface area contributed by atoms with Crippen LogP contribution < -0.4 is 4.74 Å². The highest BCUT2D eigenvalue weighted by molar-refractivity contribution is 5.92. The molecule has 1 aromatic heterocycles. The van der Waals surface area contributed by atoms with Crippen molar-refractivity contribution in [1.82, 2.24) is 19.6 Å². The van der Waals surface area contributed by atoms with E-state index >= 15 is 0 Å².